The number of aromatic amines is 1. The molecule has 0 fully saturated rings. The van der Waals surface area contributed by atoms with Crippen molar-refractivity contribution < 1.29 is 4.79 Å². The van der Waals surface area contributed by atoms with E-state index in [2.05, 4.69) is 25.6 Å². The summed E-state index contributed by atoms with van der Waals surface area (Å²) in [4.78, 5) is 21.6. The van der Waals surface area contributed by atoms with Crippen molar-refractivity contribution in [3.8, 4) is 0 Å². The van der Waals surface area contributed by atoms with Gasteiger partial charge >= 0.3 is 0 Å². The average Bonchev–Trinajstić information content (AvgIpc) is 2.91. The molecule has 4 N–H and O–H groups in total. The Morgan fingerprint density at radius 3 is 3.00 bits per heavy atom. The van der Waals surface area contributed by atoms with Crippen LogP contribution in [0.3, 0.4) is 0 Å². The molecule has 19 heavy (non-hydrogen) atoms. The number of carbonyl (C=O) groups is 1. The summed E-state index contributed by atoms with van der Waals surface area (Å²) in [6.07, 6.45) is 1.37. The van der Waals surface area contributed by atoms with Crippen molar-refractivity contribution in [1.29, 1.82) is 0 Å². The summed E-state index contributed by atoms with van der Waals surface area (Å²) in [5.74, 6) is 5.85. The number of amides is 1. The van der Waals surface area contributed by atoms with E-state index in [4.69, 9.17) is 17.4 Å². The first kappa shape index (κ1) is 13.2. The molecule has 0 aliphatic rings. The van der Waals surface area contributed by atoms with Crippen molar-refractivity contribution >= 4 is 23.3 Å². The highest BCUT2D eigenvalue weighted by atomic mass is 35.5. The van der Waals surface area contributed by atoms with Gasteiger partial charge in [-0.2, -0.15) is 5.10 Å². The van der Waals surface area contributed by atoms with Crippen LogP contribution in [0.2, 0.25) is 5.02 Å². The number of carbonyl (C=O) groups excluding carboxylic acids is 1. The largest absolute Gasteiger partial charge is 0.333 e. The Hall–Kier alpha value is -2.19. The summed E-state index contributed by atoms with van der Waals surface area (Å²) in [7, 11) is 1.62. The molecule has 100 valence electrons. The number of halogens is 1. The second-order valence-electron chi connectivity index (χ2n) is 3.76. The maximum absolute atomic E-state index is 12.2. The van der Waals surface area contributed by atoms with Crippen molar-refractivity contribution in [1.82, 2.24) is 25.1 Å². The van der Waals surface area contributed by atoms with Gasteiger partial charge in [-0.3, -0.25) is 9.89 Å². The maximum atomic E-state index is 12.2. The fourth-order valence-electron chi connectivity index (χ4n) is 1.46. The number of hydrazine groups is 1. The van der Waals surface area contributed by atoms with Gasteiger partial charge < -0.3 is 10.3 Å². The van der Waals surface area contributed by atoms with Crippen LogP contribution in [0.5, 0.6) is 0 Å². The third-order valence-corrected chi connectivity index (χ3v) is 2.70. The van der Waals surface area contributed by atoms with Gasteiger partial charge in [-0.15, -0.1) is 0 Å². The van der Waals surface area contributed by atoms with Crippen molar-refractivity contribution in [3.63, 3.8) is 0 Å². The van der Waals surface area contributed by atoms with Crippen molar-refractivity contribution in [2.24, 2.45) is 5.84 Å². The molecule has 0 saturated carbocycles. The van der Waals surface area contributed by atoms with E-state index in [-0.39, 0.29) is 23.2 Å². The van der Waals surface area contributed by atoms with Crippen LogP contribution in [-0.4, -0.2) is 38.0 Å². The average molecular weight is 282 g/mol. The van der Waals surface area contributed by atoms with Gasteiger partial charge in [-0.1, -0.05) is 11.6 Å². The number of nitrogens with zero attached hydrogens (tertiary/aromatic N) is 4. The minimum absolute atomic E-state index is 0.124. The molecule has 2 aromatic heterocycles. The fourth-order valence-corrected chi connectivity index (χ4v) is 1.64. The van der Waals surface area contributed by atoms with Crippen molar-refractivity contribution in [2.45, 2.75) is 6.54 Å². The first-order chi connectivity index (χ1) is 9.11. The normalized spacial score (nSPS) is 10.3. The Labute approximate surface area is 114 Å². The van der Waals surface area contributed by atoms with Crippen LogP contribution in [0.15, 0.2) is 18.5 Å². The molecule has 0 aliphatic heterocycles. The third kappa shape index (κ3) is 2.98. The lowest BCUT2D eigenvalue weighted by atomic mass is 10.3. The van der Waals surface area contributed by atoms with Gasteiger partial charge in [-0.05, 0) is 12.1 Å². The molecule has 0 spiro atoms. The molecule has 2 heterocycles. The number of nitrogens with one attached hydrogen (secondary N) is 2. The SMILES string of the molecule is CN(Cc1ncn[nH]1)C(=O)c1nc(NN)ccc1Cl. The number of anilines is 1. The van der Waals surface area contributed by atoms with Crippen molar-refractivity contribution in [2.75, 3.05) is 12.5 Å². The molecule has 8 nitrogen and oxygen atoms in total. The van der Waals surface area contributed by atoms with Crippen LogP contribution in [-0.2, 0) is 6.54 Å². The van der Waals surface area contributed by atoms with Crippen LogP contribution in [0.1, 0.15) is 16.3 Å². The molecule has 9 heteroatoms. The number of H-pyrrole nitrogens is 1. The zero-order valence-corrected chi connectivity index (χ0v) is 10.8. The van der Waals surface area contributed by atoms with E-state index in [0.29, 0.717) is 11.6 Å². The minimum Gasteiger partial charge on any atom is -0.333 e. The molecular weight excluding hydrogens is 270 g/mol. The number of pyridine rings is 1. The molecular formula is C10H12ClN7O. The summed E-state index contributed by atoms with van der Waals surface area (Å²) in [5.41, 5.74) is 2.49. The smallest absolute Gasteiger partial charge is 0.274 e. The van der Waals surface area contributed by atoms with Gasteiger partial charge in [0, 0.05) is 7.05 Å². The van der Waals surface area contributed by atoms with Crippen molar-refractivity contribution in [3.05, 3.63) is 35.0 Å². The predicted octanol–water partition coefficient (Wildman–Crippen LogP) is 0.411. The molecule has 0 aliphatic carbocycles. The monoisotopic (exact) mass is 281 g/mol. The molecule has 0 bridgehead atoms. The molecule has 1 amide bonds. The van der Waals surface area contributed by atoms with Gasteiger partial charge in [0.15, 0.2) is 0 Å². The van der Waals surface area contributed by atoms with Crippen LogP contribution in [0.4, 0.5) is 5.82 Å². The van der Waals surface area contributed by atoms with Crippen LogP contribution < -0.4 is 11.3 Å². The lowest BCUT2D eigenvalue weighted by Gasteiger charge is -2.16. The lowest BCUT2D eigenvalue weighted by Crippen LogP contribution is -2.28. The van der Waals surface area contributed by atoms with Crippen LogP contribution >= 0.6 is 11.6 Å². The summed E-state index contributed by atoms with van der Waals surface area (Å²) in [5, 5.41) is 6.64. The second kappa shape index (κ2) is 5.63. The first-order valence-corrected chi connectivity index (χ1v) is 5.72. The molecule has 0 aromatic carbocycles. The van der Waals surface area contributed by atoms with Crippen LogP contribution in [0, 0.1) is 0 Å². The van der Waals surface area contributed by atoms with E-state index in [9.17, 15) is 4.79 Å². The standard InChI is InChI=1S/C10H12ClN7O/c1-18(4-8-13-5-14-17-8)10(19)9-6(11)2-3-7(15-9)16-12/h2-3,5H,4,12H2,1H3,(H,15,16)(H,13,14,17). The zero-order valence-electron chi connectivity index (χ0n) is 10.1. The van der Waals surface area contributed by atoms with E-state index < -0.39 is 0 Å². The molecule has 2 aromatic rings. The lowest BCUT2D eigenvalue weighted by molar-refractivity contribution is 0.0776. The van der Waals surface area contributed by atoms with E-state index >= 15 is 0 Å². The molecule has 2 rings (SSSR count). The number of aromatic nitrogens is 4. The molecule has 0 atom stereocenters. The highest BCUT2D eigenvalue weighted by Crippen LogP contribution is 2.18. The summed E-state index contributed by atoms with van der Waals surface area (Å²) in [6, 6.07) is 3.13. The zero-order chi connectivity index (χ0) is 13.8. The van der Waals surface area contributed by atoms with Gasteiger partial charge in [0.25, 0.3) is 5.91 Å². The van der Waals surface area contributed by atoms with E-state index in [1.54, 1.807) is 19.2 Å². The van der Waals surface area contributed by atoms with E-state index in [1.807, 2.05) is 0 Å². The quantitative estimate of drug-likeness (QED) is 0.553. The highest BCUT2D eigenvalue weighted by Gasteiger charge is 2.18. The Morgan fingerprint density at radius 2 is 2.37 bits per heavy atom. The van der Waals surface area contributed by atoms with E-state index in [0.717, 1.165) is 0 Å². The second-order valence-corrected chi connectivity index (χ2v) is 4.17. The summed E-state index contributed by atoms with van der Waals surface area (Å²) < 4.78 is 0. The predicted molar refractivity (Wildman–Crippen MR) is 69.2 cm³/mol. The topological polar surface area (TPSA) is 113 Å². The minimum atomic E-state index is -0.335. The Kier molecular flexibility index (Phi) is 3.93. The summed E-state index contributed by atoms with van der Waals surface area (Å²) in [6.45, 7) is 0.275. The van der Waals surface area contributed by atoms with E-state index in [1.165, 1.54) is 11.2 Å². The number of nitrogen functional groups attached to an aromatic ring is 1. The summed E-state index contributed by atoms with van der Waals surface area (Å²) >= 11 is 5.96. The number of nitrogens with two attached hydrogens (primary N) is 1. The number of hydrogen-bond donors (Lipinski definition) is 3. The first-order valence-electron chi connectivity index (χ1n) is 5.34. The maximum Gasteiger partial charge on any atom is 0.274 e. The van der Waals surface area contributed by atoms with Crippen LogP contribution in [0.25, 0.3) is 0 Å². The number of rotatable bonds is 4. The molecule has 0 unspecified atom stereocenters. The van der Waals surface area contributed by atoms with Gasteiger partial charge in [0.2, 0.25) is 0 Å². The molecule has 0 radical (unpaired) electrons. The highest BCUT2D eigenvalue weighted by molar-refractivity contribution is 6.33. The Balaban J connectivity index is 2.18. The Morgan fingerprint density at radius 1 is 1.58 bits per heavy atom. The van der Waals surface area contributed by atoms with Gasteiger partial charge in [-0.25, -0.2) is 15.8 Å². The fraction of sp³-hybridized carbons (Fsp3) is 0.200. The number of hydrogen-bond acceptors (Lipinski definition) is 6. The molecule has 0 saturated heterocycles. The Bertz CT molecular complexity index is 571. The van der Waals surface area contributed by atoms with Gasteiger partial charge in [0.1, 0.15) is 23.7 Å². The third-order valence-electron chi connectivity index (χ3n) is 2.40. The van der Waals surface area contributed by atoms with Gasteiger partial charge in [0.05, 0.1) is 11.6 Å².